The molecule has 1 saturated carbocycles. The molecule has 1 aliphatic carbocycles. The van der Waals surface area contributed by atoms with Crippen LogP contribution in [-0.4, -0.2) is 63.0 Å². The van der Waals surface area contributed by atoms with Gasteiger partial charge in [-0.05, 0) is 19.3 Å². The van der Waals surface area contributed by atoms with E-state index in [4.69, 9.17) is 13.8 Å². The maximum atomic E-state index is 12.2. The number of phosphoric ester groups is 1. The molecule has 0 aliphatic heterocycles. The monoisotopic (exact) mass is 534 g/mol. The number of ether oxygens (including phenoxy) is 1. The van der Waals surface area contributed by atoms with E-state index in [9.17, 15) is 9.46 Å². The molecule has 0 aromatic carbocycles. The number of rotatable bonds is 25. The highest BCUT2D eigenvalue weighted by molar-refractivity contribution is 7.47. The molecule has 0 heterocycles. The molecule has 3 atom stereocenters. The zero-order valence-electron chi connectivity index (χ0n) is 24.4. The minimum absolute atomic E-state index is 0.146. The molecule has 36 heavy (non-hydrogen) atoms. The number of hydrogen-bond acceptors (Lipinski definition) is 4. The van der Waals surface area contributed by atoms with Crippen LogP contribution in [-0.2, 0) is 18.3 Å². The Morgan fingerprint density at radius 1 is 0.722 bits per heavy atom. The van der Waals surface area contributed by atoms with Gasteiger partial charge in [-0.3, -0.25) is 9.05 Å². The first kappa shape index (κ1) is 34.1. The van der Waals surface area contributed by atoms with Crippen molar-refractivity contribution < 1.29 is 27.7 Å². The fourth-order valence-corrected chi connectivity index (χ4v) is 5.72. The predicted octanol–water partition coefficient (Wildman–Crippen LogP) is 8.27. The summed E-state index contributed by atoms with van der Waals surface area (Å²) in [5, 5.41) is 0. The fraction of sp³-hybridized carbons (Fsp3) is 1.00. The van der Waals surface area contributed by atoms with Gasteiger partial charge in [-0.25, -0.2) is 4.57 Å². The maximum absolute atomic E-state index is 12.2. The average molecular weight is 535 g/mol. The molecule has 216 valence electrons. The first-order valence-corrected chi connectivity index (χ1v) is 16.8. The summed E-state index contributed by atoms with van der Waals surface area (Å²) in [5.41, 5.74) is 0. The maximum Gasteiger partial charge on any atom is 0.472 e. The molecule has 0 saturated heterocycles. The van der Waals surface area contributed by atoms with Crippen molar-refractivity contribution in [1.29, 1.82) is 0 Å². The average Bonchev–Trinajstić information content (AvgIpc) is 3.26. The smallest absolute Gasteiger partial charge is 0.378 e. The molecule has 1 N–H and O–H groups in total. The van der Waals surface area contributed by atoms with Crippen molar-refractivity contribution in [3.05, 3.63) is 0 Å². The lowest BCUT2D eigenvalue weighted by molar-refractivity contribution is -0.870. The fourth-order valence-electron chi connectivity index (χ4n) is 4.96. The summed E-state index contributed by atoms with van der Waals surface area (Å²) in [7, 11) is 2.07. The van der Waals surface area contributed by atoms with Gasteiger partial charge in [0.15, 0.2) is 0 Å². The van der Waals surface area contributed by atoms with Gasteiger partial charge in [0.1, 0.15) is 13.2 Å². The van der Waals surface area contributed by atoms with E-state index in [1.54, 1.807) is 0 Å². The second kappa shape index (κ2) is 20.9. The van der Waals surface area contributed by atoms with Crippen molar-refractivity contribution in [2.45, 2.75) is 135 Å². The second-order valence-electron chi connectivity index (χ2n) is 12.0. The van der Waals surface area contributed by atoms with Gasteiger partial charge < -0.3 is 14.1 Å². The Labute approximate surface area is 224 Å². The van der Waals surface area contributed by atoms with Gasteiger partial charge in [0.05, 0.1) is 33.9 Å². The summed E-state index contributed by atoms with van der Waals surface area (Å²) in [6.07, 6.45) is 25.2. The van der Waals surface area contributed by atoms with Crippen molar-refractivity contribution in [1.82, 2.24) is 0 Å². The van der Waals surface area contributed by atoms with Crippen molar-refractivity contribution in [3.8, 4) is 0 Å². The standard InChI is InChI=1S/C29H60NO5P/c1-5-6-7-8-9-10-11-12-13-14-15-16-17-18-19-20-25-33-29-23-21-22-28(29)27-35-36(31,32)34-26-24-30(2,3)4/h28-29H,5-27H2,1-4H3/p+1/t28-,29+/m0/s1. The Hall–Kier alpha value is 0.0300. The number of nitrogens with zero attached hydrogens (tertiary/aromatic N) is 1. The summed E-state index contributed by atoms with van der Waals surface area (Å²) in [4.78, 5) is 9.95. The number of unbranched alkanes of at least 4 members (excludes halogenated alkanes) is 15. The SMILES string of the molecule is CCCCCCCCCCCCCCCCCCO[C@@H]1CCC[C@H]1COP(=O)(O)OCC[N+](C)(C)C. The van der Waals surface area contributed by atoms with E-state index in [0.29, 0.717) is 11.0 Å². The van der Waals surface area contributed by atoms with E-state index >= 15 is 0 Å². The van der Waals surface area contributed by atoms with E-state index in [1.165, 1.54) is 96.3 Å². The zero-order chi connectivity index (χ0) is 26.5. The third-order valence-electron chi connectivity index (χ3n) is 7.39. The Morgan fingerprint density at radius 2 is 1.22 bits per heavy atom. The molecule has 6 nitrogen and oxygen atoms in total. The Balaban J connectivity index is 1.93. The molecule has 0 spiro atoms. The Morgan fingerprint density at radius 3 is 1.72 bits per heavy atom. The molecular formula is C29H61NO5P+. The minimum Gasteiger partial charge on any atom is -0.378 e. The molecule has 7 heteroatoms. The highest BCUT2D eigenvalue weighted by Crippen LogP contribution is 2.44. The lowest BCUT2D eigenvalue weighted by atomic mass is 10.0. The van der Waals surface area contributed by atoms with Crippen LogP contribution in [0.15, 0.2) is 0 Å². The van der Waals surface area contributed by atoms with Gasteiger partial charge in [0.25, 0.3) is 0 Å². The first-order chi connectivity index (χ1) is 17.2. The molecule has 0 aromatic heterocycles. The highest BCUT2D eigenvalue weighted by atomic mass is 31.2. The Bertz CT molecular complexity index is 554. The van der Waals surface area contributed by atoms with Gasteiger partial charge in [-0.1, -0.05) is 110 Å². The van der Waals surface area contributed by atoms with Gasteiger partial charge in [-0.2, -0.15) is 0 Å². The van der Waals surface area contributed by atoms with Gasteiger partial charge in [0.2, 0.25) is 0 Å². The molecule has 1 fully saturated rings. The van der Waals surface area contributed by atoms with Crippen molar-refractivity contribution in [2.24, 2.45) is 5.92 Å². The van der Waals surface area contributed by atoms with E-state index in [0.717, 1.165) is 32.3 Å². The number of likely N-dealkylation sites (N-methyl/N-ethyl adjacent to an activating group) is 1. The number of quaternary nitrogens is 1. The largest absolute Gasteiger partial charge is 0.472 e. The molecule has 1 aliphatic rings. The van der Waals surface area contributed by atoms with Crippen LogP contribution in [0, 0.1) is 5.92 Å². The van der Waals surface area contributed by atoms with Crippen LogP contribution in [0.4, 0.5) is 0 Å². The van der Waals surface area contributed by atoms with Crippen LogP contribution < -0.4 is 0 Å². The first-order valence-electron chi connectivity index (χ1n) is 15.3. The van der Waals surface area contributed by atoms with Crippen molar-refractivity contribution >= 4 is 7.82 Å². The lowest BCUT2D eigenvalue weighted by Crippen LogP contribution is -2.37. The summed E-state index contributed by atoms with van der Waals surface area (Å²) in [5.74, 6) is 0.188. The highest BCUT2D eigenvalue weighted by Gasteiger charge is 2.31. The molecule has 0 radical (unpaired) electrons. The molecule has 0 bridgehead atoms. The molecule has 0 aromatic rings. The molecule has 0 amide bonds. The van der Waals surface area contributed by atoms with Crippen LogP contribution in [0.25, 0.3) is 0 Å². The minimum atomic E-state index is -3.99. The zero-order valence-corrected chi connectivity index (χ0v) is 25.3. The summed E-state index contributed by atoms with van der Waals surface area (Å²) in [6.45, 7) is 4.17. The van der Waals surface area contributed by atoms with Crippen molar-refractivity contribution in [2.75, 3.05) is 47.5 Å². The molecule has 1 unspecified atom stereocenters. The van der Waals surface area contributed by atoms with Gasteiger partial charge in [-0.15, -0.1) is 0 Å². The normalized spacial score (nSPS) is 20.1. The van der Waals surface area contributed by atoms with E-state index < -0.39 is 7.82 Å². The summed E-state index contributed by atoms with van der Waals surface area (Å²) >= 11 is 0. The van der Waals surface area contributed by atoms with E-state index in [1.807, 2.05) is 21.1 Å². The van der Waals surface area contributed by atoms with Crippen LogP contribution in [0.2, 0.25) is 0 Å². The van der Waals surface area contributed by atoms with Gasteiger partial charge in [0, 0.05) is 12.5 Å². The summed E-state index contributed by atoms with van der Waals surface area (Å²) < 4.78 is 29.4. The van der Waals surface area contributed by atoms with Gasteiger partial charge >= 0.3 is 7.82 Å². The summed E-state index contributed by atoms with van der Waals surface area (Å²) in [6, 6.07) is 0. The van der Waals surface area contributed by atoms with E-state index in [2.05, 4.69) is 6.92 Å². The quantitative estimate of drug-likeness (QED) is 0.0725. The topological polar surface area (TPSA) is 65.0 Å². The van der Waals surface area contributed by atoms with Crippen LogP contribution in [0.3, 0.4) is 0 Å². The van der Waals surface area contributed by atoms with E-state index in [-0.39, 0.29) is 25.2 Å². The molecule has 1 rings (SSSR count). The predicted molar refractivity (Wildman–Crippen MR) is 151 cm³/mol. The Kier molecular flexibility index (Phi) is 19.8. The van der Waals surface area contributed by atoms with Crippen LogP contribution >= 0.6 is 7.82 Å². The van der Waals surface area contributed by atoms with Crippen LogP contribution in [0.1, 0.15) is 129 Å². The lowest BCUT2D eigenvalue weighted by Gasteiger charge is -2.24. The number of phosphoric acid groups is 1. The molecular weight excluding hydrogens is 473 g/mol. The number of hydrogen-bond donors (Lipinski definition) is 1. The third-order valence-corrected chi connectivity index (χ3v) is 8.37. The van der Waals surface area contributed by atoms with Crippen molar-refractivity contribution in [3.63, 3.8) is 0 Å². The third kappa shape index (κ3) is 20.1. The second-order valence-corrected chi connectivity index (χ2v) is 13.5. The van der Waals surface area contributed by atoms with Crippen LogP contribution in [0.5, 0.6) is 0 Å².